The van der Waals surface area contributed by atoms with Gasteiger partial charge in [-0.1, -0.05) is 0 Å². The van der Waals surface area contributed by atoms with Crippen LogP contribution in [0.15, 0.2) is 6.07 Å². The van der Waals surface area contributed by atoms with E-state index in [-0.39, 0.29) is 12.3 Å². The molecule has 0 spiro atoms. The van der Waals surface area contributed by atoms with Gasteiger partial charge in [0.25, 0.3) is 0 Å². The lowest BCUT2D eigenvalue weighted by molar-refractivity contribution is -0.120. The topological polar surface area (TPSA) is 62.1 Å². The molecule has 0 aromatic heterocycles. The average Bonchev–Trinajstić information content (AvgIpc) is 2.38. The van der Waals surface area contributed by atoms with Crippen LogP contribution in [0.25, 0.3) is 0 Å². The van der Waals surface area contributed by atoms with Gasteiger partial charge >= 0.3 is 0 Å². The van der Waals surface area contributed by atoms with Crippen molar-refractivity contribution in [3.05, 3.63) is 28.3 Å². The highest BCUT2D eigenvalue weighted by molar-refractivity contribution is 5.77. The lowest BCUT2D eigenvalue weighted by Crippen LogP contribution is -2.25. The van der Waals surface area contributed by atoms with Crippen LogP contribution in [0, 0.1) is 32.1 Å². The molecule has 0 aliphatic rings. The van der Waals surface area contributed by atoms with Crippen molar-refractivity contribution in [2.75, 3.05) is 13.7 Å². The van der Waals surface area contributed by atoms with Crippen LogP contribution < -0.4 is 10.1 Å². The summed E-state index contributed by atoms with van der Waals surface area (Å²) in [6.45, 7) is 6.69. The van der Waals surface area contributed by atoms with Crippen molar-refractivity contribution in [3.63, 3.8) is 0 Å². The molecule has 1 aromatic rings. The lowest BCUT2D eigenvalue weighted by Gasteiger charge is -2.16. The second-order valence-corrected chi connectivity index (χ2v) is 4.56. The molecule has 102 valence electrons. The molecule has 0 aliphatic carbocycles. The number of carbonyl (C=O) groups excluding carboxylic acids is 1. The summed E-state index contributed by atoms with van der Waals surface area (Å²) in [5.41, 5.74) is 4.72. The summed E-state index contributed by atoms with van der Waals surface area (Å²) in [7, 11) is 1.67. The normalized spacial score (nSPS) is 9.84. The maximum Gasteiger partial charge on any atom is 0.234 e. The first-order valence-corrected chi connectivity index (χ1v) is 6.28. The van der Waals surface area contributed by atoms with Gasteiger partial charge in [0, 0.05) is 6.54 Å². The molecule has 19 heavy (non-hydrogen) atoms. The quantitative estimate of drug-likeness (QED) is 0.882. The van der Waals surface area contributed by atoms with Gasteiger partial charge in [0.1, 0.15) is 12.2 Å². The minimum atomic E-state index is -0.219. The third-order valence-corrected chi connectivity index (χ3v) is 3.37. The second kappa shape index (κ2) is 6.79. The molecule has 0 saturated heterocycles. The number of nitrogens with zero attached hydrogens (tertiary/aromatic N) is 1. The van der Waals surface area contributed by atoms with Gasteiger partial charge in [-0.2, -0.15) is 5.26 Å². The van der Waals surface area contributed by atoms with Crippen molar-refractivity contribution in [1.82, 2.24) is 5.32 Å². The van der Waals surface area contributed by atoms with Gasteiger partial charge in [0.2, 0.25) is 5.91 Å². The molecule has 0 heterocycles. The SMILES string of the molecule is COc1cc(C)c(CCNC(=O)CC#N)c(C)c1C. The predicted octanol–water partition coefficient (Wildman–Crippen LogP) is 2.19. The fourth-order valence-electron chi connectivity index (χ4n) is 2.16. The Hall–Kier alpha value is -2.02. The average molecular weight is 260 g/mol. The molecule has 1 aromatic carbocycles. The molecule has 0 saturated carbocycles. The Bertz CT molecular complexity index is 516. The number of rotatable bonds is 5. The van der Waals surface area contributed by atoms with E-state index in [0.717, 1.165) is 23.3 Å². The number of methoxy groups -OCH3 is 1. The molecular weight excluding hydrogens is 240 g/mol. The molecule has 4 nitrogen and oxygen atoms in total. The largest absolute Gasteiger partial charge is 0.496 e. The van der Waals surface area contributed by atoms with E-state index in [4.69, 9.17) is 10.00 Å². The first-order valence-electron chi connectivity index (χ1n) is 6.28. The van der Waals surface area contributed by atoms with Crippen LogP contribution in [-0.4, -0.2) is 19.6 Å². The zero-order chi connectivity index (χ0) is 14.4. The van der Waals surface area contributed by atoms with Gasteiger partial charge in [-0.25, -0.2) is 0 Å². The Morgan fingerprint density at radius 2 is 2.05 bits per heavy atom. The molecule has 4 heteroatoms. The van der Waals surface area contributed by atoms with E-state index in [0.29, 0.717) is 6.54 Å². The number of nitrogens with one attached hydrogen (secondary N) is 1. The van der Waals surface area contributed by atoms with Gasteiger partial charge in [0.05, 0.1) is 13.2 Å². The molecule has 0 bridgehead atoms. The Balaban J connectivity index is 2.77. The molecule has 0 radical (unpaired) electrons. The summed E-state index contributed by atoms with van der Waals surface area (Å²) in [4.78, 5) is 11.2. The van der Waals surface area contributed by atoms with Crippen LogP contribution in [0.1, 0.15) is 28.7 Å². The minimum absolute atomic E-state index is 0.0837. The van der Waals surface area contributed by atoms with Gasteiger partial charge in [-0.15, -0.1) is 0 Å². The number of hydrogen-bond acceptors (Lipinski definition) is 3. The number of nitriles is 1. The van der Waals surface area contributed by atoms with Crippen molar-refractivity contribution in [1.29, 1.82) is 5.26 Å². The van der Waals surface area contributed by atoms with E-state index in [9.17, 15) is 4.79 Å². The highest BCUT2D eigenvalue weighted by Crippen LogP contribution is 2.27. The van der Waals surface area contributed by atoms with Crippen molar-refractivity contribution in [2.45, 2.75) is 33.6 Å². The molecule has 0 unspecified atom stereocenters. The zero-order valence-corrected chi connectivity index (χ0v) is 12.0. The standard InChI is InChI=1S/C15H20N2O2/c1-10-9-14(19-4)12(3)11(2)13(10)6-8-17-15(18)5-7-16/h9H,5-6,8H2,1-4H3,(H,17,18). The Morgan fingerprint density at radius 1 is 1.37 bits per heavy atom. The van der Waals surface area contributed by atoms with Gasteiger partial charge < -0.3 is 10.1 Å². The van der Waals surface area contributed by atoms with Crippen LogP contribution in [0.2, 0.25) is 0 Å². The van der Waals surface area contributed by atoms with Gasteiger partial charge in [-0.3, -0.25) is 4.79 Å². The summed E-state index contributed by atoms with van der Waals surface area (Å²) >= 11 is 0. The molecular formula is C15H20N2O2. The van der Waals surface area contributed by atoms with Crippen molar-refractivity contribution in [3.8, 4) is 11.8 Å². The van der Waals surface area contributed by atoms with Crippen LogP contribution >= 0.6 is 0 Å². The number of hydrogen-bond donors (Lipinski definition) is 1. The molecule has 0 atom stereocenters. The molecule has 1 rings (SSSR count). The predicted molar refractivity (Wildman–Crippen MR) is 74.1 cm³/mol. The van der Waals surface area contributed by atoms with Crippen molar-refractivity contribution in [2.24, 2.45) is 0 Å². The maximum atomic E-state index is 11.2. The number of benzene rings is 1. The highest BCUT2D eigenvalue weighted by Gasteiger charge is 2.10. The third kappa shape index (κ3) is 3.72. The Kier molecular flexibility index (Phi) is 5.37. The molecule has 0 aliphatic heterocycles. The summed E-state index contributed by atoms with van der Waals surface area (Å²) in [6.07, 6.45) is 0.680. The summed E-state index contributed by atoms with van der Waals surface area (Å²) < 4.78 is 5.33. The minimum Gasteiger partial charge on any atom is -0.496 e. The fraction of sp³-hybridized carbons (Fsp3) is 0.467. The lowest BCUT2D eigenvalue weighted by atomic mass is 9.95. The smallest absolute Gasteiger partial charge is 0.234 e. The molecule has 1 N–H and O–H groups in total. The summed E-state index contributed by atoms with van der Waals surface area (Å²) in [6, 6.07) is 3.86. The maximum absolute atomic E-state index is 11.2. The summed E-state index contributed by atoms with van der Waals surface area (Å²) in [5, 5.41) is 11.2. The number of carbonyl (C=O) groups is 1. The van der Waals surface area contributed by atoms with E-state index in [1.54, 1.807) is 7.11 Å². The second-order valence-electron chi connectivity index (χ2n) is 4.56. The zero-order valence-electron chi connectivity index (χ0n) is 12.0. The van der Waals surface area contributed by atoms with E-state index in [2.05, 4.69) is 12.2 Å². The van der Waals surface area contributed by atoms with Crippen molar-refractivity contribution >= 4 is 5.91 Å². The molecule has 0 fully saturated rings. The van der Waals surface area contributed by atoms with Crippen LogP contribution in [0.4, 0.5) is 0 Å². The van der Waals surface area contributed by atoms with E-state index in [1.807, 2.05) is 26.0 Å². The van der Waals surface area contributed by atoms with Crippen LogP contribution in [-0.2, 0) is 11.2 Å². The fourth-order valence-corrected chi connectivity index (χ4v) is 2.16. The van der Waals surface area contributed by atoms with E-state index in [1.165, 1.54) is 11.1 Å². The van der Waals surface area contributed by atoms with Crippen LogP contribution in [0.5, 0.6) is 5.75 Å². The van der Waals surface area contributed by atoms with Crippen molar-refractivity contribution < 1.29 is 9.53 Å². The van der Waals surface area contributed by atoms with Crippen LogP contribution in [0.3, 0.4) is 0 Å². The van der Waals surface area contributed by atoms with E-state index < -0.39 is 0 Å². The number of amides is 1. The van der Waals surface area contributed by atoms with E-state index >= 15 is 0 Å². The highest BCUT2D eigenvalue weighted by atomic mass is 16.5. The van der Waals surface area contributed by atoms with Gasteiger partial charge in [-0.05, 0) is 55.5 Å². The number of aryl methyl sites for hydroxylation is 1. The first-order chi connectivity index (χ1) is 9.01. The Labute approximate surface area is 114 Å². The summed E-state index contributed by atoms with van der Waals surface area (Å²) in [5.74, 6) is 0.676. The number of ether oxygens (including phenoxy) is 1. The first kappa shape index (κ1) is 15.0. The van der Waals surface area contributed by atoms with Gasteiger partial charge in [0.15, 0.2) is 0 Å². The Morgan fingerprint density at radius 3 is 2.63 bits per heavy atom. The molecule has 1 amide bonds. The third-order valence-electron chi connectivity index (χ3n) is 3.37. The monoisotopic (exact) mass is 260 g/mol.